The molecule has 0 aromatic heterocycles. The molecule has 7 heteroatoms. The topological polar surface area (TPSA) is 81.2 Å². The van der Waals surface area contributed by atoms with Crippen LogP contribution in [0.2, 0.25) is 0 Å². The average molecular weight is 431 g/mol. The molecule has 3 aromatic rings. The Bertz CT molecular complexity index is 1070. The molecule has 1 heterocycles. The first-order valence-electron chi connectivity index (χ1n) is 10.3. The maximum atomic E-state index is 11.4. The second kappa shape index (κ2) is 10.3. The predicted molar refractivity (Wildman–Crippen MR) is 122 cm³/mol. The molecule has 0 spiro atoms. The van der Waals surface area contributed by atoms with Crippen LogP contribution in [-0.2, 0) is 18.0 Å². The first-order valence-corrected chi connectivity index (χ1v) is 10.3. The number of hydrogen-bond acceptors (Lipinski definition) is 6. The van der Waals surface area contributed by atoms with Crippen molar-refractivity contribution in [2.24, 2.45) is 4.99 Å². The van der Waals surface area contributed by atoms with Gasteiger partial charge in [0.25, 0.3) is 0 Å². The highest BCUT2D eigenvalue weighted by Gasteiger charge is 2.22. The molecule has 164 valence electrons. The zero-order valence-corrected chi connectivity index (χ0v) is 17.8. The summed E-state index contributed by atoms with van der Waals surface area (Å²) in [6, 6.07) is 25.7. The van der Waals surface area contributed by atoms with Gasteiger partial charge in [-0.25, -0.2) is 4.79 Å². The summed E-state index contributed by atoms with van der Waals surface area (Å²) >= 11 is 0. The van der Waals surface area contributed by atoms with Crippen LogP contribution in [0.25, 0.3) is 0 Å². The van der Waals surface area contributed by atoms with Gasteiger partial charge >= 0.3 is 6.09 Å². The maximum absolute atomic E-state index is 11.4. The summed E-state index contributed by atoms with van der Waals surface area (Å²) in [4.78, 5) is 15.8. The van der Waals surface area contributed by atoms with Gasteiger partial charge in [0.1, 0.15) is 13.2 Å². The minimum atomic E-state index is -0.562. The number of aliphatic imine (C=N–C) groups is 1. The average Bonchev–Trinajstić information content (AvgIpc) is 3.31. The lowest BCUT2D eigenvalue weighted by Gasteiger charge is -2.17. The molecule has 0 bridgehead atoms. The monoisotopic (exact) mass is 431 g/mol. The highest BCUT2D eigenvalue weighted by atomic mass is 16.5. The lowest BCUT2D eigenvalue weighted by molar-refractivity contribution is 0.176. The quantitative estimate of drug-likeness (QED) is 0.586. The number of hydrogen-bond donors (Lipinski definition) is 2. The largest absolute Gasteiger partial charge is 0.485 e. The normalized spacial score (nSPS) is 14.8. The van der Waals surface area contributed by atoms with Crippen molar-refractivity contribution in [3.63, 3.8) is 0 Å². The number of guanidine groups is 1. The van der Waals surface area contributed by atoms with Gasteiger partial charge in [0, 0.05) is 0 Å². The van der Waals surface area contributed by atoms with E-state index in [2.05, 4.69) is 20.4 Å². The molecule has 1 amide bonds. The van der Waals surface area contributed by atoms with Gasteiger partial charge in [-0.15, -0.1) is 0 Å². The van der Waals surface area contributed by atoms with Gasteiger partial charge in [0.15, 0.2) is 11.5 Å². The molecule has 32 heavy (non-hydrogen) atoms. The minimum Gasteiger partial charge on any atom is -0.485 e. The Hall–Kier alpha value is -4.00. The standard InChI is InChI=1S/C25H25N3O4/c1-30-25(29)28-24-26-15-21(27-24)20-12-13-22(31-16-18-8-4-2-5-9-18)23(14-20)32-17-19-10-6-3-7-11-19/h2-14,21H,15-17H2,1H3,(H2,26,27,28,29). The van der Waals surface area contributed by atoms with Crippen LogP contribution in [-0.4, -0.2) is 25.7 Å². The smallest absolute Gasteiger partial charge is 0.413 e. The van der Waals surface area contributed by atoms with E-state index < -0.39 is 6.09 Å². The fraction of sp³-hybridized carbons (Fsp3) is 0.200. The van der Waals surface area contributed by atoms with Crippen molar-refractivity contribution in [1.82, 2.24) is 10.6 Å². The number of benzene rings is 3. The summed E-state index contributed by atoms with van der Waals surface area (Å²) < 4.78 is 16.8. The lowest BCUT2D eigenvalue weighted by Crippen LogP contribution is -2.39. The van der Waals surface area contributed by atoms with Gasteiger partial charge in [-0.05, 0) is 28.8 Å². The van der Waals surface area contributed by atoms with Crippen LogP contribution in [0.15, 0.2) is 83.9 Å². The third-order valence-electron chi connectivity index (χ3n) is 4.99. The Morgan fingerprint density at radius 3 is 2.19 bits per heavy atom. The van der Waals surface area contributed by atoms with Crippen LogP contribution in [0.1, 0.15) is 22.7 Å². The zero-order chi connectivity index (χ0) is 22.2. The molecule has 0 saturated carbocycles. The summed E-state index contributed by atoms with van der Waals surface area (Å²) in [6.07, 6.45) is -0.562. The molecule has 3 aromatic carbocycles. The van der Waals surface area contributed by atoms with E-state index in [1.807, 2.05) is 78.9 Å². The molecule has 1 aliphatic rings. The number of amides is 1. The number of ether oxygens (including phenoxy) is 3. The van der Waals surface area contributed by atoms with Crippen molar-refractivity contribution >= 4 is 12.1 Å². The van der Waals surface area contributed by atoms with E-state index in [0.717, 1.165) is 16.7 Å². The van der Waals surface area contributed by atoms with Gasteiger partial charge in [-0.1, -0.05) is 66.7 Å². The fourth-order valence-corrected chi connectivity index (χ4v) is 3.30. The molecule has 1 unspecified atom stereocenters. The Morgan fingerprint density at radius 2 is 1.56 bits per heavy atom. The van der Waals surface area contributed by atoms with Gasteiger partial charge in [-0.2, -0.15) is 0 Å². The number of carbonyl (C=O) groups is 1. The Kier molecular flexibility index (Phi) is 6.87. The number of methoxy groups -OCH3 is 1. The summed E-state index contributed by atoms with van der Waals surface area (Å²) in [5, 5.41) is 5.75. The Balaban J connectivity index is 1.49. The maximum Gasteiger partial charge on any atom is 0.413 e. The van der Waals surface area contributed by atoms with E-state index in [1.165, 1.54) is 7.11 Å². The Labute approximate surface area is 187 Å². The van der Waals surface area contributed by atoms with E-state index in [9.17, 15) is 4.79 Å². The van der Waals surface area contributed by atoms with Gasteiger partial charge in [0.05, 0.1) is 19.7 Å². The molecule has 0 radical (unpaired) electrons. The predicted octanol–water partition coefficient (Wildman–Crippen LogP) is 4.20. The SMILES string of the molecule is COC(=O)NC1=NCC(c2ccc(OCc3ccccc3)c(OCc3ccccc3)c2)N1. The summed E-state index contributed by atoms with van der Waals surface area (Å²) in [5.74, 6) is 1.71. The van der Waals surface area contributed by atoms with Crippen LogP contribution in [0.3, 0.4) is 0 Å². The van der Waals surface area contributed by atoms with Crippen molar-refractivity contribution < 1.29 is 19.0 Å². The highest BCUT2D eigenvalue weighted by Crippen LogP contribution is 2.33. The van der Waals surface area contributed by atoms with E-state index >= 15 is 0 Å². The zero-order valence-electron chi connectivity index (χ0n) is 17.8. The molecule has 0 aliphatic carbocycles. The Morgan fingerprint density at radius 1 is 0.938 bits per heavy atom. The van der Waals surface area contributed by atoms with E-state index in [4.69, 9.17) is 9.47 Å². The molecule has 1 aliphatic heterocycles. The van der Waals surface area contributed by atoms with Gasteiger partial charge in [-0.3, -0.25) is 10.3 Å². The first-order chi connectivity index (χ1) is 15.7. The third kappa shape index (κ3) is 5.57. The molecule has 0 fully saturated rings. The van der Waals surface area contributed by atoms with Crippen LogP contribution >= 0.6 is 0 Å². The number of rotatable bonds is 7. The molecular weight excluding hydrogens is 406 g/mol. The molecule has 2 N–H and O–H groups in total. The molecule has 0 saturated heterocycles. The summed E-state index contributed by atoms with van der Waals surface area (Å²) in [5.41, 5.74) is 3.12. The van der Waals surface area contributed by atoms with Crippen molar-refractivity contribution in [2.75, 3.05) is 13.7 Å². The van der Waals surface area contributed by atoms with Crippen molar-refractivity contribution in [2.45, 2.75) is 19.3 Å². The lowest BCUT2D eigenvalue weighted by atomic mass is 10.1. The highest BCUT2D eigenvalue weighted by molar-refractivity contribution is 5.95. The van der Waals surface area contributed by atoms with Crippen molar-refractivity contribution in [3.05, 3.63) is 95.6 Å². The number of carbonyl (C=O) groups excluding carboxylic acids is 1. The van der Waals surface area contributed by atoms with Crippen LogP contribution < -0.4 is 20.1 Å². The van der Waals surface area contributed by atoms with Crippen molar-refractivity contribution in [3.8, 4) is 11.5 Å². The number of nitrogens with zero attached hydrogens (tertiary/aromatic N) is 1. The van der Waals surface area contributed by atoms with Crippen molar-refractivity contribution in [1.29, 1.82) is 0 Å². The third-order valence-corrected chi connectivity index (χ3v) is 4.99. The van der Waals surface area contributed by atoms with Crippen LogP contribution in [0.5, 0.6) is 11.5 Å². The first kappa shape index (κ1) is 21.2. The van der Waals surface area contributed by atoms with E-state index in [-0.39, 0.29) is 6.04 Å². The number of nitrogens with one attached hydrogen (secondary N) is 2. The fourth-order valence-electron chi connectivity index (χ4n) is 3.30. The summed E-state index contributed by atoms with van der Waals surface area (Å²) in [6.45, 7) is 1.36. The minimum absolute atomic E-state index is 0.0931. The van der Waals surface area contributed by atoms with Crippen LogP contribution in [0, 0.1) is 0 Å². The van der Waals surface area contributed by atoms with E-state index in [1.54, 1.807) is 0 Å². The summed E-state index contributed by atoms with van der Waals surface area (Å²) in [7, 11) is 1.31. The van der Waals surface area contributed by atoms with Crippen LogP contribution in [0.4, 0.5) is 4.79 Å². The van der Waals surface area contributed by atoms with Gasteiger partial charge in [0.2, 0.25) is 5.96 Å². The van der Waals surface area contributed by atoms with E-state index in [0.29, 0.717) is 37.2 Å². The molecule has 7 nitrogen and oxygen atoms in total. The number of alkyl carbamates (subject to hydrolysis) is 1. The molecule has 4 rings (SSSR count). The van der Waals surface area contributed by atoms with Gasteiger partial charge < -0.3 is 19.5 Å². The molecule has 1 atom stereocenters. The molecular formula is C25H25N3O4. The second-order valence-corrected chi connectivity index (χ2v) is 7.26. The second-order valence-electron chi connectivity index (χ2n) is 7.26.